The predicted molar refractivity (Wildman–Crippen MR) is 76.7 cm³/mol. The number of nitrogens with zero attached hydrogens (tertiary/aromatic N) is 2. The number of aromatic nitrogens is 1. The van der Waals surface area contributed by atoms with E-state index in [1.54, 1.807) is 7.11 Å². The summed E-state index contributed by atoms with van der Waals surface area (Å²) < 4.78 is 5.02. The van der Waals surface area contributed by atoms with Crippen LogP contribution in [-0.2, 0) is 11.3 Å². The highest BCUT2D eigenvalue weighted by Gasteiger charge is 2.16. The molecule has 0 radical (unpaired) electrons. The van der Waals surface area contributed by atoms with Crippen molar-refractivity contribution in [3.05, 3.63) is 41.9 Å². The summed E-state index contributed by atoms with van der Waals surface area (Å²) in [5.74, 6) is 0. The van der Waals surface area contributed by atoms with E-state index in [1.807, 2.05) is 18.3 Å². The fraction of sp³-hybridized carbons (Fsp3) is 0.533. The van der Waals surface area contributed by atoms with E-state index in [1.165, 1.54) is 5.57 Å². The Morgan fingerprint density at radius 1 is 1.47 bits per heavy atom. The first-order valence-corrected chi connectivity index (χ1v) is 6.91. The SMILES string of the molecule is COCCCN/C=C1\CCN(Cc2ccccn2)C1. The number of methoxy groups -OCH3 is 1. The van der Waals surface area contributed by atoms with Crippen molar-refractivity contribution in [2.24, 2.45) is 0 Å². The molecular formula is C15H23N3O. The lowest BCUT2D eigenvalue weighted by Gasteiger charge is -2.13. The molecule has 0 amide bonds. The van der Waals surface area contributed by atoms with Gasteiger partial charge in [-0.2, -0.15) is 0 Å². The zero-order chi connectivity index (χ0) is 13.3. The second-order valence-corrected chi connectivity index (χ2v) is 4.88. The van der Waals surface area contributed by atoms with Crippen LogP contribution in [-0.4, -0.2) is 43.2 Å². The van der Waals surface area contributed by atoms with Gasteiger partial charge in [-0.1, -0.05) is 6.07 Å². The standard InChI is InChI=1S/C15H23N3O/c1-19-10-4-7-16-11-14-6-9-18(12-14)13-15-5-2-3-8-17-15/h2-3,5,8,11,16H,4,6-7,9-10,12-13H2,1H3/b14-11+. The van der Waals surface area contributed by atoms with E-state index in [2.05, 4.69) is 27.5 Å². The van der Waals surface area contributed by atoms with E-state index in [0.717, 1.165) is 51.3 Å². The van der Waals surface area contributed by atoms with Gasteiger partial charge in [0.25, 0.3) is 0 Å². The van der Waals surface area contributed by atoms with Gasteiger partial charge >= 0.3 is 0 Å². The first-order chi connectivity index (χ1) is 9.38. The zero-order valence-corrected chi connectivity index (χ0v) is 11.6. The van der Waals surface area contributed by atoms with Crippen LogP contribution in [0, 0.1) is 0 Å². The first-order valence-electron chi connectivity index (χ1n) is 6.91. The highest BCUT2D eigenvalue weighted by Crippen LogP contribution is 2.16. The summed E-state index contributed by atoms with van der Waals surface area (Å²) in [5.41, 5.74) is 2.63. The monoisotopic (exact) mass is 261 g/mol. The molecule has 4 nitrogen and oxygen atoms in total. The fourth-order valence-electron chi connectivity index (χ4n) is 2.26. The largest absolute Gasteiger partial charge is 0.391 e. The van der Waals surface area contributed by atoms with Gasteiger partial charge in [-0.15, -0.1) is 0 Å². The summed E-state index contributed by atoms with van der Waals surface area (Å²) in [6.07, 6.45) is 6.25. The lowest BCUT2D eigenvalue weighted by molar-refractivity contribution is 0.195. The van der Waals surface area contributed by atoms with Gasteiger partial charge < -0.3 is 10.1 Å². The number of ether oxygens (including phenoxy) is 1. The molecule has 1 aromatic heterocycles. The maximum atomic E-state index is 5.02. The van der Waals surface area contributed by atoms with E-state index < -0.39 is 0 Å². The molecule has 0 atom stereocenters. The molecule has 0 aromatic carbocycles. The molecule has 0 aliphatic carbocycles. The molecule has 0 unspecified atom stereocenters. The van der Waals surface area contributed by atoms with Crippen molar-refractivity contribution in [3.63, 3.8) is 0 Å². The van der Waals surface area contributed by atoms with Gasteiger partial charge in [0.05, 0.1) is 5.69 Å². The summed E-state index contributed by atoms with van der Waals surface area (Å²) in [6.45, 7) is 4.93. The molecule has 1 aromatic rings. The van der Waals surface area contributed by atoms with Crippen molar-refractivity contribution in [1.29, 1.82) is 0 Å². The molecule has 104 valence electrons. The van der Waals surface area contributed by atoms with Crippen molar-refractivity contribution >= 4 is 0 Å². The minimum Gasteiger partial charge on any atom is -0.391 e. The van der Waals surface area contributed by atoms with Crippen LogP contribution < -0.4 is 5.32 Å². The maximum absolute atomic E-state index is 5.02. The normalized spacial score (nSPS) is 18.1. The van der Waals surface area contributed by atoms with Gasteiger partial charge in [-0.05, 0) is 36.7 Å². The fourth-order valence-corrected chi connectivity index (χ4v) is 2.26. The van der Waals surface area contributed by atoms with Crippen molar-refractivity contribution in [1.82, 2.24) is 15.2 Å². The van der Waals surface area contributed by atoms with Crippen LogP contribution in [0.5, 0.6) is 0 Å². The molecule has 0 bridgehead atoms. The van der Waals surface area contributed by atoms with Crippen molar-refractivity contribution in [2.45, 2.75) is 19.4 Å². The molecule has 1 N–H and O–H groups in total. The first kappa shape index (κ1) is 14.0. The second kappa shape index (κ2) is 7.92. The smallest absolute Gasteiger partial charge is 0.0544 e. The minimum atomic E-state index is 0.821. The Hall–Kier alpha value is -1.39. The second-order valence-electron chi connectivity index (χ2n) is 4.88. The summed E-state index contributed by atoms with van der Waals surface area (Å²) in [5, 5.41) is 3.36. The highest BCUT2D eigenvalue weighted by molar-refractivity contribution is 5.11. The Kier molecular flexibility index (Phi) is 5.85. The third-order valence-electron chi connectivity index (χ3n) is 3.26. The number of likely N-dealkylation sites (tertiary alicyclic amines) is 1. The Morgan fingerprint density at radius 3 is 3.21 bits per heavy atom. The van der Waals surface area contributed by atoms with Gasteiger partial charge in [0.1, 0.15) is 0 Å². The number of hydrogen-bond acceptors (Lipinski definition) is 4. The molecule has 1 aliphatic rings. The van der Waals surface area contributed by atoms with Gasteiger partial charge in [-0.3, -0.25) is 9.88 Å². The van der Waals surface area contributed by atoms with Gasteiger partial charge in [0.2, 0.25) is 0 Å². The Morgan fingerprint density at radius 2 is 2.42 bits per heavy atom. The van der Waals surface area contributed by atoms with Crippen LogP contribution in [0.25, 0.3) is 0 Å². The number of nitrogens with one attached hydrogen (secondary N) is 1. The highest BCUT2D eigenvalue weighted by atomic mass is 16.5. The van der Waals surface area contributed by atoms with Crippen molar-refractivity contribution in [3.8, 4) is 0 Å². The zero-order valence-electron chi connectivity index (χ0n) is 11.6. The Balaban J connectivity index is 1.69. The van der Waals surface area contributed by atoms with E-state index in [-0.39, 0.29) is 0 Å². The Labute approximate surface area is 115 Å². The minimum absolute atomic E-state index is 0.821. The van der Waals surface area contributed by atoms with Crippen LogP contribution in [0.3, 0.4) is 0 Å². The molecular weight excluding hydrogens is 238 g/mol. The van der Waals surface area contributed by atoms with E-state index in [4.69, 9.17) is 4.74 Å². The van der Waals surface area contributed by atoms with Crippen molar-refractivity contribution in [2.75, 3.05) is 33.4 Å². The molecule has 2 heterocycles. The predicted octanol–water partition coefficient (Wildman–Crippen LogP) is 1.80. The number of hydrogen-bond donors (Lipinski definition) is 1. The van der Waals surface area contributed by atoms with E-state index in [0.29, 0.717) is 0 Å². The van der Waals surface area contributed by atoms with Crippen molar-refractivity contribution < 1.29 is 4.74 Å². The van der Waals surface area contributed by atoms with Crippen LogP contribution in [0.15, 0.2) is 36.2 Å². The number of rotatable bonds is 7. The average Bonchev–Trinajstić information content (AvgIpc) is 2.87. The Bertz CT molecular complexity index is 392. The quantitative estimate of drug-likeness (QED) is 0.759. The number of pyridine rings is 1. The van der Waals surface area contributed by atoms with Crippen LogP contribution in [0.2, 0.25) is 0 Å². The summed E-state index contributed by atoms with van der Waals surface area (Å²) >= 11 is 0. The van der Waals surface area contributed by atoms with Gasteiger partial charge in [0.15, 0.2) is 0 Å². The van der Waals surface area contributed by atoms with Crippen LogP contribution in [0.1, 0.15) is 18.5 Å². The third-order valence-corrected chi connectivity index (χ3v) is 3.26. The summed E-state index contributed by atoms with van der Waals surface area (Å²) in [4.78, 5) is 6.81. The molecule has 1 aliphatic heterocycles. The van der Waals surface area contributed by atoms with Crippen LogP contribution >= 0.6 is 0 Å². The molecule has 4 heteroatoms. The van der Waals surface area contributed by atoms with Crippen LogP contribution in [0.4, 0.5) is 0 Å². The maximum Gasteiger partial charge on any atom is 0.0544 e. The summed E-state index contributed by atoms with van der Waals surface area (Å²) in [6, 6.07) is 6.10. The molecule has 1 fully saturated rings. The topological polar surface area (TPSA) is 37.4 Å². The lowest BCUT2D eigenvalue weighted by Crippen LogP contribution is -2.19. The van der Waals surface area contributed by atoms with Gasteiger partial charge in [0, 0.05) is 46.1 Å². The molecule has 19 heavy (non-hydrogen) atoms. The third kappa shape index (κ3) is 5.01. The van der Waals surface area contributed by atoms with E-state index in [9.17, 15) is 0 Å². The molecule has 0 saturated carbocycles. The average molecular weight is 261 g/mol. The lowest BCUT2D eigenvalue weighted by atomic mass is 10.2. The van der Waals surface area contributed by atoms with E-state index >= 15 is 0 Å². The summed E-state index contributed by atoms with van der Waals surface area (Å²) in [7, 11) is 1.74. The molecule has 0 spiro atoms. The molecule has 1 saturated heterocycles. The van der Waals surface area contributed by atoms with Gasteiger partial charge in [-0.25, -0.2) is 0 Å². The molecule has 2 rings (SSSR count).